The minimum atomic E-state index is 0.0294. The number of hydrogen-bond acceptors (Lipinski definition) is 3. The fraction of sp³-hybridized carbons (Fsp3) is 0.409. The number of benzene rings is 2. The van der Waals surface area contributed by atoms with Crippen molar-refractivity contribution in [2.45, 2.75) is 25.3 Å². The van der Waals surface area contributed by atoms with Gasteiger partial charge in [-0.3, -0.25) is 4.79 Å². The molecule has 4 heteroatoms. The first-order chi connectivity index (χ1) is 12.8. The number of rotatable bonds is 5. The number of anilines is 1. The van der Waals surface area contributed by atoms with E-state index in [1.165, 1.54) is 24.8 Å². The molecule has 2 atom stereocenters. The van der Waals surface area contributed by atoms with Gasteiger partial charge in [-0.25, -0.2) is 0 Å². The van der Waals surface area contributed by atoms with E-state index in [0.717, 1.165) is 31.1 Å². The fourth-order valence-corrected chi connectivity index (χ4v) is 4.21. The highest BCUT2D eigenvalue weighted by molar-refractivity contribution is 6.03. The maximum atomic E-state index is 13.0. The van der Waals surface area contributed by atoms with Crippen LogP contribution >= 0.6 is 0 Å². The Balaban J connectivity index is 1.61. The predicted molar refractivity (Wildman–Crippen MR) is 103 cm³/mol. The van der Waals surface area contributed by atoms with E-state index in [4.69, 9.17) is 4.74 Å². The molecule has 0 spiro atoms. The van der Waals surface area contributed by atoms with E-state index in [0.29, 0.717) is 0 Å². The van der Waals surface area contributed by atoms with Crippen LogP contribution in [0.1, 0.15) is 30.9 Å². The van der Waals surface area contributed by atoms with Gasteiger partial charge in [0, 0.05) is 12.2 Å². The SMILES string of the molecule is COc1ccc([C@H]2[C@H](CN3CCCCC3)C(=O)N2c2ccccc2)cc1. The summed E-state index contributed by atoms with van der Waals surface area (Å²) in [4.78, 5) is 17.4. The first-order valence-corrected chi connectivity index (χ1v) is 9.52. The third-order valence-corrected chi connectivity index (χ3v) is 5.61. The van der Waals surface area contributed by atoms with E-state index in [-0.39, 0.29) is 17.9 Å². The van der Waals surface area contributed by atoms with Crippen LogP contribution in [-0.4, -0.2) is 37.6 Å². The largest absolute Gasteiger partial charge is 0.497 e. The van der Waals surface area contributed by atoms with Crippen molar-refractivity contribution < 1.29 is 9.53 Å². The normalized spacial score (nSPS) is 23.6. The second kappa shape index (κ2) is 7.50. The van der Waals surface area contributed by atoms with Gasteiger partial charge < -0.3 is 14.5 Å². The number of ether oxygens (including phenoxy) is 1. The quantitative estimate of drug-likeness (QED) is 0.767. The maximum Gasteiger partial charge on any atom is 0.234 e. The Morgan fingerprint density at radius 1 is 0.962 bits per heavy atom. The molecule has 0 aromatic heterocycles. The Labute approximate surface area is 155 Å². The molecule has 0 radical (unpaired) electrons. The summed E-state index contributed by atoms with van der Waals surface area (Å²) in [5, 5.41) is 0. The molecule has 0 bridgehead atoms. The molecule has 2 saturated heterocycles. The van der Waals surface area contributed by atoms with Crippen LogP contribution in [0.25, 0.3) is 0 Å². The van der Waals surface area contributed by atoms with Gasteiger partial charge in [0.05, 0.1) is 19.1 Å². The summed E-state index contributed by atoms with van der Waals surface area (Å²) in [6.45, 7) is 3.09. The molecular weight excluding hydrogens is 324 g/mol. The number of piperidine rings is 1. The zero-order chi connectivity index (χ0) is 17.9. The van der Waals surface area contributed by atoms with Crippen molar-refractivity contribution in [3.63, 3.8) is 0 Å². The maximum absolute atomic E-state index is 13.0. The smallest absolute Gasteiger partial charge is 0.234 e. The Morgan fingerprint density at radius 3 is 2.31 bits per heavy atom. The zero-order valence-electron chi connectivity index (χ0n) is 15.3. The number of methoxy groups -OCH3 is 1. The van der Waals surface area contributed by atoms with Crippen LogP contribution in [0, 0.1) is 5.92 Å². The van der Waals surface area contributed by atoms with Gasteiger partial charge in [0.25, 0.3) is 0 Å². The molecule has 4 nitrogen and oxygen atoms in total. The first-order valence-electron chi connectivity index (χ1n) is 9.52. The molecule has 2 aliphatic heterocycles. The fourth-order valence-electron chi connectivity index (χ4n) is 4.21. The van der Waals surface area contributed by atoms with E-state index >= 15 is 0 Å². The molecule has 0 aliphatic carbocycles. The number of carbonyl (C=O) groups excluding carboxylic acids is 1. The lowest BCUT2D eigenvalue weighted by Gasteiger charge is -2.49. The summed E-state index contributed by atoms with van der Waals surface area (Å²) < 4.78 is 5.29. The van der Waals surface area contributed by atoms with Gasteiger partial charge in [-0.05, 0) is 55.8 Å². The molecule has 2 aliphatic rings. The topological polar surface area (TPSA) is 32.8 Å². The van der Waals surface area contributed by atoms with Crippen molar-refractivity contribution in [3.8, 4) is 5.75 Å². The van der Waals surface area contributed by atoms with E-state index < -0.39 is 0 Å². The summed E-state index contributed by atoms with van der Waals surface area (Å²) in [5.41, 5.74) is 2.16. The van der Waals surface area contributed by atoms with Gasteiger partial charge >= 0.3 is 0 Å². The minimum Gasteiger partial charge on any atom is -0.497 e. The van der Waals surface area contributed by atoms with Crippen LogP contribution in [-0.2, 0) is 4.79 Å². The molecule has 0 saturated carbocycles. The van der Waals surface area contributed by atoms with E-state index in [9.17, 15) is 4.79 Å². The molecule has 2 aromatic rings. The van der Waals surface area contributed by atoms with Crippen molar-refractivity contribution in [1.29, 1.82) is 0 Å². The highest BCUT2D eigenvalue weighted by atomic mass is 16.5. The van der Waals surface area contributed by atoms with Crippen LogP contribution in [0.2, 0.25) is 0 Å². The van der Waals surface area contributed by atoms with Gasteiger partial charge in [-0.2, -0.15) is 0 Å². The third-order valence-electron chi connectivity index (χ3n) is 5.61. The van der Waals surface area contributed by atoms with Crippen molar-refractivity contribution in [3.05, 3.63) is 60.2 Å². The average Bonchev–Trinajstić information content (AvgIpc) is 2.71. The highest BCUT2D eigenvalue weighted by Crippen LogP contribution is 2.44. The minimum absolute atomic E-state index is 0.0294. The predicted octanol–water partition coefficient (Wildman–Crippen LogP) is 3.89. The Hall–Kier alpha value is -2.33. The van der Waals surface area contributed by atoms with E-state index in [2.05, 4.69) is 17.0 Å². The third kappa shape index (κ3) is 3.21. The van der Waals surface area contributed by atoms with Crippen LogP contribution in [0.4, 0.5) is 5.69 Å². The lowest BCUT2D eigenvalue weighted by atomic mass is 9.81. The van der Waals surface area contributed by atoms with E-state index in [1.54, 1.807) is 7.11 Å². The lowest BCUT2D eigenvalue weighted by Crippen LogP contribution is -2.59. The monoisotopic (exact) mass is 350 g/mol. The molecule has 2 heterocycles. The molecule has 4 rings (SSSR count). The molecule has 1 amide bonds. The summed E-state index contributed by atoms with van der Waals surface area (Å²) >= 11 is 0. The summed E-state index contributed by atoms with van der Waals surface area (Å²) in [7, 11) is 1.68. The standard InChI is InChI=1S/C22H26N2O2/c1-26-19-12-10-17(11-13-19)21-20(16-23-14-6-3-7-15-23)22(25)24(21)18-8-4-2-5-9-18/h2,4-5,8-13,20-21H,3,6-7,14-16H2,1H3/t20-,21-/m0/s1. The molecule has 0 N–H and O–H groups in total. The molecular formula is C22H26N2O2. The Kier molecular flexibility index (Phi) is 4.93. The number of nitrogens with zero attached hydrogens (tertiary/aromatic N) is 2. The number of amides is 1. The first kappa shape index (κ1) is 17.1. The van der Waals surface area contributed by atoms with Crippen molar-refractivity contribution in [1.82, 2.24) is 4.90 Å². The Bertz CT molecular complexity index is 738. The average molecular weight is 350 g/mol. The summed E-state index contributed by atoms with van der Waals surface area (Å²) in [5.74, 6) is 1.11. The molecule has 136 valence electrons. The van der Waals surface area contributed by atoms with Gasteiger partial charge in [0.1, 0.15) is 5.75 Å². The molecule has 0 unspecified atom stereocenters. The number of β-lactam (4-membered cyclic amide) rings is 1. The van der Waals surface area contributed by atoms with Crippen molar-refractivity contribution in [2.24, 2.45) is 5.92 Å². The van der Waals surface area contributed by atoms with Gasteiger partial charge in [-0.15, -0.1) is 0 Å². The van der Waals surface area contributed by atoms with Gasteiger partial charge in [0.2, 0.25) is 5.91 Å². The summed E-state index contributed by atoms with van der Waals surface area (Å²) in [6.07, 6.45) is 3.81. The Morgan fingerprint density at radius 2 is 1.65 bits per heavy atom. The van der Waals surface area contributed by atoms with Crippen LogP contribution < -0.4 is 9.64 Å². The number of hydrogen-bond donors (Lipinski definition) is 0. The zero-order valence-corrected chi connectivity index (χ0v) is 15.3. The van der Waals surface area contributed by atoms with E-state index in [1.807, 2.05) is 47.4 Å². The number of carbonyl (C=O) groups is 1. The number of likely N-dealkylation sites (tertiary alicyclic amines) is 1. The summed E-state index contributed by atoms with van der Waals surface area (Å²) in [6, 6.07) is 18.3. The van der Waals surface area contributed by atoms with Crippen molar-refractivity contribution >= 4 is 11.6 Å². The van der Waals surface area contributed by atoms with Gasteiger partial charge in [-0.1, -0.05) is 36.8 Å². The van der Waals surface area contributed by atoms with Crippen molar-refractivity contribution in [2.75, 3.05) is 31.6 Å². The van der Waals surface area contributed by atoms with Crippen LogP contribution in [0.3, 0.4) is 0 Å². The van der Waals surface area contributed by atoms with Gasteiger partial charge in [0.15, 0.2) is 0 Å². The molecule has 2 aromatic carbocycles. The van der Waals surface area contributed by atoms with Crippen LogP contribution in [0.5, 0.6) is 5.75 Å². The lowest BCUT2D eigenvalue weighted by molar-refractivity contribution is -0.131. The second-order valence-electron chi connectivity index (χ2n) is 7.23. The van der Waals surface area contributed by atoms with Crippen LogP contribution in [0.15, 0.2) is 54.6 Å². The molecule has 26 heavy (non-hydrogen) atoms. The number of para-hydroxylation sites is 1. The molecule has 2 fully saturated rings. The second-order valence-corrected chi connectivity index (χ2v) is 7.23. The highest BCUT2D eigenvalue weighted by Gasteiger charge is 2.49.